The predicted octanol–water partition coefficient (Wildman–Crippen LogP) is 3.41. The Labute approximate surface area is 235 Å². The summed E-state index contributed by atoms with van der Waals surface area (Å²) in [7, 11) is 1.54. The zero-order valence-electron chi connectivity index (χ0n) is 23.4. The molecule has 5 rings (SSSR count). The van der Waals surface area contributed by atoms with Gasteiger partial charge in [-0.1, -0.05) is 0 Å². The minimum atomic E-state index is -1.34. The van der Waals surface area contributed by atoms with Crippen LogP contribution in [0.1, 0.15) is 32.8 Å². The summed E-state index contributed by atoms with van der Waals surface area (Å²) in [6.45, 7) is 7.68. The Morgan fingerprint density at radius 3 is 2.68 bits per heavy atom. The van der Waals surface area contributed by atoms with Crippen molar-refractivity contribution in [2.75, 3.05) is 56.7 Å². The second-order valence-electron chi connectivity index (χ2n) is 10.9. The van der Waals surface area contributed by atoms with Gasteiger partial charge >= 0.3 is 6.09 Å². The van der Waals surface area contributed by atoms with Crippen LogP contribution in [0.2, 0.25) is 0 Å². The fourth-order valence-electron chi connectivity index (χ4n) is 4.79. The van der Waals surface area contributed by atoms with Gasteiger partial charge in [0.2, 0.25) is 0 Å². The van der Waals surface area contributed by atoms with Crippen LogP contribution in [0.25, 0.3) is 17.0 Å². The molecule has 1 amide bonds. The molecule has 0 bridgehead atoms. The number of nitrogens with zero attached hydrogens (tertiary/aromatic N) is 7. The smallest absolute Gasteiger partial charge is 0.410 e. The molecule has 1 N–H and O–H groups in total. The first-order valence-corrected chi connectivity index (χ1v) is 13.3. The molecular weight excluding hydrogens is 538 g/mol. The number of likely N-dealkylation sites (tertiary alicyclic amines) is 1. The summed E-state index contributed by atoms with van der Waals surface area (Å²) in [6.07, 6.45) is -0.408. The Hall–Kier alpha value is -4.25. The summed E-state index contributed by atoms with van der Waals surface area (Å²) in [4.78, 5) is 24.8. The monoisotopic (exact) mass is 570 g/mol. The zero-order valence-corrected chi connectivity index (χ0v) is 23.4. The number of methoxy groups -OCH3 is 1. The molecule has 14 heteroatoms. The molecule has 2 atom stereocenters. The SMILES string of the molecule is COc1cc2ncc(-c3nc(N[C@H]4CN(C(=O)OC(C)(C)C)CC[C@@H]4F)c(C#N)cc3F)n2nc1N1CCOCC1. The number of hydrogen-bond donors (Lipinski definition) is 1. The average Bonchev–Trinajstić information content (AvgIpc) is 3.36. The summed E-state index contributed by atoms with van der Waals surface area (Å²) < 4.78 is 48.3. The van der Waals surface area contributed by atoms with Crippen molar-refractivity contribution in [2.45, 2.75) is 45.0 Å². The lowest BCUT2D eigenvalue weighted by Crippen LogP contribution is -2.52. The van der Waals surface area contributed by atoms with Crippen molar-refractivity contribution in [2.24, 2.45) is 0 Å². The highest BCUT2D eigenvalue weighted by atomic mass is 19.1. The number of pyridine rings is 1. The van der Waals surface area contributed by atoms with Crippen LogP contribution in [0.3, 0.4) is 0 Å². The van der Waals surface area contributed by atoms with E-state index in [2.05, 4.69) is 15.3 Å². The number of aromatic nitrogens is 4. The van der Waals surface area contributed by atoms with E-state index in [0.29, 0.717) is 43.5 Å². The van der Waals surface area contributed by atoms with Gasteiger partial charge in [0.05, 0.1) is 38.1 Å². The van der Waals surface area contributed by atoms with Crippen LogP contribution in [-0.4, -0.2) is 94.9 Å². The number of anilines is 2. The van der Waals surface area contributed by atoms with E-state index in [0.717, 1.165) is 6.07 Å². The number of nitriles is 1. The lowest BCUT2D eigenvalue weighted by Gasteiger charge is -2.36. The number of fused-ring (bicyclic) bond motifs is 1. The molecule has 12 nitrogen and oxygen atoms in total. The predicted molar refractivity (Wildman–Crippen MR) is 145 cm³/mol. The topological polar surface area (TPSA) is 130 Å². The number of carbonyl (C=O) groups excluding carboxylic acids is 1. The van der Waals surface area contributed by atoms with Crippen molar-refractivity contribution in [3.05, 3.63) is 29.7 Å². The van der Waals surface area contributed by atoms with E-state index in [4.69, 9.17) is 19.3 Å². The van der Waals surface area contributed by atoms with Crippen molar-refractivity contribution in [3.63, 3.8) is 0 Å². The Bertz CT molecular complexity index is 1480. The van der Waals surface area contributed by atoms with Gasteiger partial charge in [-0.05, 0) is 33.3 Å². The van der Waals surface area contributed by atoms with Gasteiger partial charge in [0.15, 0.2) is 23.0 Å². The summed E-state index contributed by atoms with van der Waals surface area (Å²) in [5.41, 5.74) is -0.303. The Balaban J connectivity index is 1.48. The lowest BCUT2D eigenvalue weighted by atomic mass is 10.0. The Kier molecular flexibility index (Phi) is 7.81. The normalized spacial score (nSPS) is 19.6. The fourth-order valence-corrected chi connectivity index (χ4v) is 4.79. The second kappa shape index (κ2) is 11.3. The number of hydrogen-bond acceptors (Lipinski definition) is 10. The first-order chi connectivity index (χ1) is 19.6. The molecule has 3 aromatic heterocycles. The number of ether oxygens (including phenoxy) is 3. The molecule has 0 radical (unpaired) electrons. The van der Waals surface area contributed by atoms with Crippen molar-refractivity contribution in [3.8, 4) is 23.2 Å². The molecule has 0 unspecified atom stereocenters. The van der Waals surface area contributed by atoms with E-state index < -0.39 is 29.7 Å². The van der Waals surface area contributed by atoms with E-state index in [9.17, 15) is 10.1 Å². The first-order valence-electron chi connectivity index (χ1n) is 13.3. The number of amides is 1. The summed E-state index contributed by atoms with van der Waals surface area (Å²) >= 11 is 0. The highest BCUT2D eigenvalue weighted by molar-refractivity contribution is 5.69. The van der Waals surface area contributed by atoms with Crippen LogP contribution < -0.4 is 15.0 Å². The number of alkyl halides is 1. The molecule has 3 aromatic rings. The summed E-state index contributed by atoms with van der Waals surface area (Å²) in [5.74, 6) is 0.266. The molecule has 2 aliphatic heterocycles. The van der Waals surface area contributed by atoms with Gasteiger partial charge in [0.1, 0.15) is 35.0 Å². The van der Waals surface area contributed by atoms with Crippen LogP contribution in [0.5, 0.6) is 5.75 Å². The van der Waals surface area contributed by atoms with Crippen molar-refractivity contribution < 1.29 is 27.8 Å². The molecule has 2 fully saturated rings. The van der Waals surface area contributed by atoms with E-state index in [-0.39, 0.29) is 42.3 Å². The van der Waals surface area contributed by atoms with Crippen molar-refractivity contribution in [1.29, 1.82) is 5.26 Å². The Morgan fingerprint density at radius 2 is 2.00 bits per heavy atom. The number of imidazole rings is 1. The van der Waals surface area contributed by atoms with Crippen LogP contribution in [0, 0.1) is 17.1 Å². The summed E-state index contributed by atoms with van der Waals surface area (Å²) in [6, 6.07) is 3.76. The molecule has 0 spiro atoms. The average molecular weight is 571 g/mol. The van der Waals surface area contributed by atoms with Crippen LogP contribution in [0.15, 0.2) is 18.3 Å². The molecule has 2 saturated heterocycles. The van der Waals surface area contributed by atoms with Crippen LogP contribution >= 0.6 is 0 Å². The molecule has 2 aliphatic rings. The van der Waals surface area contributed by atoms with Gasteiger partial charge in [-0.25, -0.2) is 28.1 Å². The number of morpholine rings is 1. The van der Waals surface area contributed by atoms with Crippen LogP contribution in [0.4, 0.5) is 25.2 Å². The van der Waals surface area contributed by atoms with E-state index >= 15 is 8.78 Å². The fraction of sp³-hybridized carbons (Fsp3) is 0.519. The van der Waals surface area contributed by atoms with Crippen LogP contribution in [-0.2, 0) is 9.47 Å². The number of piperidine rings is 1. The Morgan fingerprint density at radius 1 is 1.24 bits per heavy atom. The van der Waals surface area contributed by atoms with Gasteiger partial charge in [-0.15, -0.1) is 5.10 Å². The minimum Gasteiger partial charge on any atom is -0.493 e. The van der Waals surface area contributed by atoms with Gasteiger partial charge < -0.3 is 29.3 Å². The van der Waals surface area contributed by atoms with E-state index in [1.54, 1.807) is 26.8 Å². The highest BCUT2D eigenvalue weighted by Crippen LogP contribution is 2.32. The maximum Gasteiger partial charge on any atom is 0.410 e. The standard InChI is InChI=1S/C27H32F2N8O4/c1-27(2,3)41-26(38)36-6-5-17(28)19(15-36)32-24-16(13-30)11-18(29)23(33-24)20-14-31-22-12-21(39-4)25(34-37(20)22)35-7-9-40-10-8-35/h11-12,14,17,19H,5-10,15H2,1-4H3,(H,32,33)/t17-,19-/m0/s1. The molecule has 0 aliphatic carbocycles. The quantitative estimate of drug-likeness (QED) is 0.487. The number of nitrogens with one attached hydrogen (secondary N) is 1. The van der Waals surface area contributed by atoms with Crippen molar-refractivity contribution >= 4 is 23.4 Å². The maximum absolute atomic E-state index is 15.4. The van der Waals surface area contributed by atoms with Gasteiger partial charge in [0, 0.05) is 32.2 Å². The molecule has 0 saturated carbocycles. The molecule has 41 heavy (non-hydrogen) atoms. The third kappa shape index (κ3) is 5.95. The highest BCUT2D eigenvalue weighted by Gasteiger charge is 2.34. The maximum atomic E-state index is 15.4. The molecule has 218 valence electrons. The molecular formula is C27H32F2N8O4. The van der Waals surface area contributed by atoms with Crippen molar-refractivity contribution in [1.82, 2.24) is 24.5 Å². The lowest BCUT2D eigenvalue weighted by molar-refractivity contribution is 0.0150. The third-order valence-electron chi connectivity index (χ3n) is 6.81. The third-order valence-corrected chi connectivity index (χ3v) is 6.81. The number of halogens is 2. The zero-order chi connectivity index (χ0) is 29.3. The van der Waals surface area contributed by atoms with E-state index in [1.807, 2.05) is 11.0 Å². The first kappa shape index (κ1) is 28.3. The second-order valence-corrected chi connectivity index (χ2v) is 10.9. The number of rotatable bonds is 5. The number of carbonyl (C=O) groups is 1. The van der Waals surface area contributed by atoms with Gasteiger partial charge in [-0.2, -0.15) is 5.26 Å². The van der Waals surface area contributed by atoms with Gasteiger partial charge in [0.25, 0.3) is 0 Å². The molecule has 0 aromatic carbocycles. The summed E-state index contributed by atoms with van der Waals surface area (Å²) in [5, 5.41) is 17.3. The molecule has 5 heterocycles. The van der Waals surface area contributed by atoms with Gasteiger partial charge in [-0.3, -0.25) is 0 Å². The minimum absolute atomic E-state index is 0.0144. The van der Waals surface area contributed by atoms with E-state index in [1.165, 1.54) is 22.7 Å². The largest absolute Gasteiger partial charge is 0.493 e.